The number of hydrogen-bond acceptors (Lipinski definition) is 3. The molecule has 1 amide bonds. The molecular weight excluding hydrogens is 258 g/mol. The second-order valence-electron chi connectivity index (χ2n) is 5.39. The summed E-state index contributed by atoms with van der Waals surface area (Å²) in [5.74, 6) is 0.0761. The first-order valence-electron chi connectivity index (χ1n) is 6.97. The molecule has 102 valence electrons. The highest BCUT2D eigenvalue weighted by Crippen LogP contribution is 2.37. The van der Waals surface area contributed by atoms with Crippen molar-refractivity contribution in [2.75, 3.05) is 0 Å². The molecule has 1 unspecified atom stereocenters. The normalized spacial score (nSPS) is 29.8. The standard InChI is InChI=1S/C15H19NO2S/c17-12-7-3-2-6-11(12)16-15(18)14-9-10-5-1-4-8-13(10)19-14/h1,4-5,8,11-12,14,17H,2-3,6-7,9H2,(H,16,18)/t11-,12-,14?/m0/s1. The maximum Gasteiger partial charge on any atom is 0.234 e. The molecule has 1 fully saturated rings. The third-order valence-corrected chi connectivity index (χ3v) is 5.31. The van der Waals surface area contributed by atoms with Gasteiger partial charge in [-0.05, 0) is 30.9 Å². The van der Waals surface area contributed by atoms with Crippen LogP contribution in [0.1, 0.15) is 31.2 Å². The number of nitrogens with one attached hydrogen (secondary N) is 1. The predicted molar refractivity (Wildman–Crippen MR) is 76.2 cm³/mol. The van der Waals surface area contributed by atoms with Crippen LogP contribution >= 0.6 is 11.8 Å². The van der Waals surface area contributed by atoms with Gasteiger partial charge in [0.2, 0.25) is 5.91 Å². The summed E-state index contributed by atoms with van der Waals surface area (Å²) in [4.78, 5) is 13.5. The van der Waals surface area contributed by atoms with Crippen molar-refractivity contribution >= 4 is 17.7 Å². The fraction of sp³-hybridized carbons (Fsp3) is 0.533. The summed E-state index contributed by atoms with van der Waals surface area (Å²) < 4.78 is 0. The molecule has 2 N–H and O–H groups in total. The van der Waals surface area contributed by atoms with Crippen LogP contribution in [0.3, 0.4) is 0 Å². The highest BCUT2D eigenvalue weighted by atomic mass is 32.2. The molecule has 1 aliphatic heterocycles. The zero-order chi connectivity index (χ0) is 13.2. The van der Waals surface area contributed by atoms with Crippen LogP contribution in [0.4, 0.5) is 0 Å². The Balaban J connectivity index is 1.60. The van der Waals surface area contributed by atoms with Crippen molar-refractivity contribution in [3.05, 3.63) is 29.8 Å². The fourth-order valence-corrected chi connectivity index (χ4v) is 4.09. The van der Waals surface area contributed by atoms with Crippen molar-refractivity contribution in [3.63, 3.8) is 0 Å². The molecule has 1 aliphatic carbocycles. The van der Waals surface area contributed by atoms with E-state index in [4.69, 9.17) is 0 Å². The van der Waals surface area contributed by atoms with Gasteiger partial charge in [-0.15, -0.1) is 11.8 Å². The third kappa shape index (κ3) is 2.79. The van der Waals surface area contributed by atoms with E-state index < -0.39 is 0 Å². The number of benzene rings is 1. The summed E-state index contributed by atoms with van der Waals surface area (Å²) in [5.41, 5.74) is 1.26. The predicted octanol–water partition coefficient (Wildman–Crippen LogP) is 2.12. The highest BCUT2D eigenvalue weighted by molar-refractivity contribution is 8.01. The van der Waals surface area contributed by atoms with E-state index in [0.717, 1.165) is 32.1 Å². The van der Waals surface area contributed by atoms with Gasteiger partial charge < -0.3 is 10.4 Å². The van der Waals surface area contributed by atoms with E-state index in [-0.39, 0.29) is 23.3 Å². The topological polar surface area (TPSA) is 49.3 Å². The Morgan fingerprint density at radius 1 is 1.26 bits per heavy atom. The third-order valence-electron chi connectivity index (χ3n) is 4.00. The number of rotatable bonds is 2. The second-order valence-corrected chi connectivity index (χ2v) is 6.63. The summed E-state index contributed by atoms with van der Waals surface area (Å²) >= 11 is 1.64. The molecule has 3 atom stereocenters. The fourth-order valence-electron chi connectivity index (χ4n) is 2.88. The lowest BCUT2D eigenvalue weighted by atomic mass is 9.92. The van der Waals surface area contributed by atoms with Crippen molar-refractivity contribution in [1.82, 2.24) is 5.32 Å². The molecule has 4 heteroatoms. The summed E-state index contributed by atoms with van der Waals surface area (Å²) in [7, 11) is 0. The maximum absolute atomic E-state index is 12.3. The van der Waals surface area contributed by atoms with Crippen molar-refractivity contribution in [2.45, 2.75) is 54.4 Å². The van der Waals surface area contributed by atoms with Crippen LogP contribution in [0.15, 0.2) is 29.2 Å². The van der Waals surface area contributed by atoms with E-state index in [1.165, 1.54) is 10.5 Å². The largest absolute Gasteiger partial charge is 0.391 e. The van der Waals surface area contributed by atoms with Crippen LogP contribution in [0.5, 0.6) is 0 Å². The van der Waals surface area contributed by atoms with Crippen LogP contribution in [0.2, 0.25) is 0 Å². The molecule has 1 saturated carbocycles. The Kier molecular flexibility index (Phi) is 3.80. The average Bonchev–Trinajstić information content (AvgIpc) is 2.85. The lowest BCUT2D eigenvalue weighted by molar-refractivity contribution is -0.122. The minimum absolute atomic E-state index is 0.0356. The lowest BCUT2D eigenvalue weighted by Gasteiger charge is -2.29. The number of aliphatic hydroxyl groups excluding tert-OH is 1. The van der Waals surface area contributed by atoms with E-state index in [0.29, 0.717) is 0 Å². The second kappa shape index (κ2) is 5.55. The summed E-state index contributed by atoms with van der Waals surface area (Å²) in [6, 6.07) is 8.14. The molecule has 1 aromatic rings. The smallest absolute Gasteiger partial charge is 0.234 e. The molecule has 1 heterocycles. The number of amides is 1. The Labute approximate surface area is 117 Å². The zero-order valence-corrected chi connectivity index (χ0v) is 11.7. The van der Waals surface area contributed by atoms with Crippen molar-refractivity contribution < 1.29 is 9.90 Å². The highest BCUT2D eigenvalue weighted by Gasteiger charge is 2.31. The van der Waals surface area contributed by atoms with Gasteiger partial charge in [0.25, 0.3) is 0 Å². The Morgan fingerprint density at radius 3 is 2.84 bits per heavy atom. The molecule has 0 bridgehead atoms. The van der Waals surface area contributed by atoms with Crippen LogP contribution in [-0.4, -0.2) is 28.4 Å². The maximum atomic E-state index is 12.3. The van der Waals surface area contributed by atoms with E-state index in [9.17, 15) is 9.90 Å². The van der Waals surface area contributed by atoms with Gasteiger partial charge >= 0.3 is 0 Å². The van der Waals surface area contributed by atoms with Gasteiger partial charge in [-0.25, -0.2) is 0 Å². The van der Waals surface area contributed by atoms with Gasteiger partial charge in [0.1, 0.15) is 0 Å². The van der Waals surface area contributed by atoms with Gasteiger partial charge in [0, 0.05) is 4.90 Å². The molecule has 19 heavy (non-hydrogen) atoms. The minimum atomic E-state index is -0.369. The molecule has 3 nitrogen and oxygen atoms in total. The summed E-state index contributed by atoms with van der Waals surface area (Å²) in [5, 5.41) is 12.9. The average molecular weight is 277 g/mol. The Hall–Kier alpha value is -1.00. The molecule has 0 spiro atoms. The molecule has 0 saturated heterocycles. The number of hydrogen-bond donors (Lipinski definition) is 2. The number of carbonyl (C=O) groups is 1. The molecular formula is C15H19NO2S. The monoisotopic (exact) mass is 277 g/mol. The number of fused-ring (bicyclic) bond motifs is 1. The van der Waals surface area contributed by atoms with Gasteiger partial charge in [0.05, 0.1) is 17.4 Å². The van der Waals surface area contributed by atoms with Crippen molar-refractivity contribution in [2.24, 2.45) is 0 Å². The lowest BCUT2D eigenvalue weighted by Crippen LogP contribution is -2.47. The van der Waals surface area contributed by atoms with Crippen LogP contribution in [-0.2, 0) is 11.2 Å². The molecule has 3 rings (SSSR count). The van der Waals surface area contributed by atoms with E-state index >= 15 is 0 Å². The summed E-state index contributed by atoms with van der Waals surface area (Å²) in [6.45, 7) is 0. The summed E-state index contributed by atoms with van der Waals surface area (Å²) in [6.07, 6.45) is 4.30. The SMILES string of the molecule is O=C(N[C@H]1CCCC[C@@H]1O)C1Cc2ccccc2S1. The van der Waals surface area contributed by atoms with Gasteiger partial charge in [-0.1, -0.05) is 31.0 Å². The van der Waals surface area contributed by atoms with Crippen molar-refractivity contribution in [3.8, 4) is 0 Å². The Morgan fingerprint density at radius 2 is 2.05 bits per heavy atom. The molecule has 1 aromatic carbocycles. The zero-order valence-electron chi connectivity index (χ0n) is 10.8. The first kappa shape index (κ1) is 13.0. The number of aliphatic hydroxyl groups is 1. The van der Waals surface area contributed by atoms with Crippen LogP contribution in [0.25, 0.3) is 0 Å². The molecule has 0 radical (unpaired) electrons. The van der Waals surface area contributed by atoms with E-state index in [1.54, 1.807) is 11.8 Å². The van der Waals surface area contributed by atoms with E-state index in [2.05, 4.69) is 17.4 Å². The van der Waals surface area contributed by atoms with Crippen LogP contribution in [0, 0.1) is 0 Å². The van der Waals surface area contributed by atoms with Gasteiger partial charge in [0.15, 0.2) is 0 Å². The Bertz CT molecular complexity index is 452. The number of carbonyl (C=O) groups excluding carboxylic acids is 1. The number of thioether (sulfide) groups is 1. The van der Waals surface area contributed by atoms with Gasteiger partial charge in [-0.3, -0.25) is 4.79 Å². The quantitative estimate of drug-likeness (QED) is 0.870. The first-order valence-corrected chi connectivity index (χ1v) is 7.85. The first-order chi connectivity index (χ1) is 9.24. The van der Waals surface area contributed by atoms with E-state index in [1.807, 2.05) is 12.1 Å². The van der Waals surface area contributed by atoms with Crippen LogP contribution < -0.4 is 5.32 Å². The molecule has 2 aliphatic rings. The minimum Gasteiger partial charge on any atom is -0.391 e. The van der Waals surface area contributed by atoms with Gasteiger partial charge in [-0.2, -0.15) is 0 Å². The van der Waals surface area contributed by atoms with Crippen molar-refractivity contribution in [1.29, 1.82) is 0 Å². The molecule has 0 aromatic heterocycles.